The van der Waals surface area contributed by atoms with Crippen LogP contribution in [0.1, 0.15) is 28.4 Å². The monoisotopic (exact) mass is 466 g/mol. The number of anilines is 2. The minimum atomic E-state index is -0.415. The number of carbonyl (C=O) groups excluding carboxylic acids is 1. The van der Waals surface area contributed by atoms with Gasteiger partial charge < -0.3 is 19.0 Å². The van der Waals surface area contributed by atoms with Gasteiger partial charge in [0, 0.05) is 17.6 Å². The lowest BCUT2D eigenvalue weighted by atomic mass is 10.0. The minimum absolute atomic E-state index is 0.120. The predicted molar refractivity (Wildman–Crippen MR) is 140 cm³/mol. The largest absolute Gasteiger partial charge is 0.465 e. The van der Waals surface area contributed by atoms with E-state index in [-0.39, 0.29) is 5.56 Å². The van der Waals surface area contributed by atoms with Crippen molar-refractivity contribution in [3.05, 3.63) is 93.8 Å². The Balaban J connectivity index is 1.83. The number of esters is 1. The van der Waals surface area contributed by atoms with Crippen molar-refractivity contribution in [2.75, 3.05) is 12.4 Å². The second kappa shape index (κ2) is 8.80. The smallest absolute Gasteiger partial charge is 0.337 e. The molecule has 0 aliphatic carbocycles. The molecule has 0 atom stereocenters. The third-order valence-corrected chi connectivity index (χ3v) is 6.35. The Morgan fingerprint density at radius 2 is 1.77 bits per heavy atom. The van der Waals surface area contributed by atoms with Crippen molar-refractivity contribution in [2.45, 2.75) is 27.3 Å². The number of aryl methyl sites for hydroxylation is 3. The average Bonchev–Trinajstić information content (AvgIpc) is 3.25. The number of benzene rings is 3. The normalized spacial score (nSPS) is 11.2. The number of nitrogens with one attached hydrogen (secondary N) is 1. The zero-order chi connectivity index (χ0) is 24.7. The number of aromatic nitrogens is 1. The Morgan fingerprint density at radius 3 is 2.46 bits per heavy atom. The maximum absolute atomic E-state index is 13.8. The van der Waals surface area contributed by atoms with Gasteiger partial charge in [0.1, 0.15) is 0 Å². The molecule has 0 saturated carbocycles. The highest BCUT2D eigenvalue weighted by Crippen LogP contribution is 2.41. The quantitative estimate of drug-likeness (QED) is 0.296. The van der Waals surface area contributed by atoms with E-state index in [9.17, 15) is 9.59 Å². The Labute approximate surface area is 202 Å². The van der Waals surface area contributed by atoms with Crippen molar-refractivity contribution >= 4 is 39.4 Å². The molecule has 0 fully saturated rings. The van der Waals surface area contributed by atoms with Gasteiger partial charge in [-0.15, -0.1) is 0 Å². The predicted octanol–water partition coefficient (Wildman–Crippen LogP) is 6.58. The van der Waals surface area contributed by atoms with Crippen LogP contribution >= 0.6 is 0 Å². The molecule has 0 aliphatic heterocycles. The van der Waals surface area contributed by atoms with Gasteiger partial charge in [0.15, 0.2) is 5.58 Å². The molecule has 176 valence electrons. The Bertz CT molecular complexity index is 1640. The Kier molecular flexibility index (Phi) is 5.65. The van der Waals surface area contributed by atoms with Crippen molar-refractivity contribution in [1.82, 2.24) is 4.57 Å². The molecule has 0 unspecified atom stereocenters. The molecule has 0 saturated heterocycles. The third-order valence-electron chi connectivity index (χ3n) is 6.35. The molecule has 0 bridgehead atoms. The van der Waals surface area contributed by atoms with E-state index in [1.54, 1.807) is 16.7 Å². The van der Waals surface area contributed by atoms with Crippen molar-refractivity contribution in [1.29, 1.82) is 0 Å². The molecular formula is C29H26N2O4. The second-order valence-corrected chi connectivity index (χ2v) is 8.59. The molecule has 35 heavy (non-hydrogen) atoms. The van der Waals surface area contributed by atoms with Crippen LogP contribution in [-0.2, 0) is 11.3 Å². The van der Waals surface area contributed by atoms with E-state index in [0.717, 1.165) is 33.3 Å². The summed E-state index contributed by atoms with van der Waals surface area (Å²) in [5.74, 6) is 0.0652. The van der Waals surface area contributed by atoms with Gasteiger partial charge in [-0.1, -0.05) is 42.0 Å². The number of ether oxygens (including phenoxy) is 1. The zero-order valence-electron chi connectivity index (χ0n) is 20.1. The lowest BCUT2D eigenvalue weighted by Gasteiger charge is -2.11. The number of pyridine rings is 1. The first kappa shape index (κ1) is 22.5. The number of nitrogens with zero attached hydrogens (tertiary/aromatic N) is 1. The number of carbonyl (C=O) groups is 1. The molecular weight excluding hydrogens is 440 g/mol. The molecule has 5 rings (SSSR count). The fraction of sp³-hybridized carbons (Fsp3) is 0.172. The summed E-state index contributed by atoms with van der Waals surface area (Å²) < 4.78 is 13.0. The number of hydrogen-bond donors (Lipinski definition) is 1. The molecule has 0 spiro atoms. The summed E-state index contributed by atoms with van der Waals surface area (Å²) in [6.07, 6.45) is 0. The maximum Gasteiger partial charge on any atom is 0.337 e. The van der Waals surface area contributed by atoms with E-state index in [1.807, 2.05) is 69.3 Å². The van der Waals surface area contributed by atoms with Gasteiger partial charge >= 0.3 is 5.97 Å². The van der Waals surface area contributed by atoms with Crippen LogP contribution in [0.15, 0.2) is 75.9 Å². The molecule has 0 radical (unpaired) electrons. The van der Waals surface area contributed by atoms with Crippen LogP contribution in [0.5, 0.6) is 0 Å². The van der Waals surface area contributed by atoms with Gasteiger partial charge in [-0.3, -0.25) is 4.79 Å². The van der Waals surface area contributed by atoms with E-state index >= 15 is 0 Å². The zero-order valence-corrected chi connectivity index (χ0v) is 20.1. The van der Waals surface area contributed by atoms with Gasteiger partial charge in [0.25, 0.3) is 5.56 Å². The number of furan rings is 1. The summed E-state index contributed by atoms with van der Waals surface area (Å²) in [6.45, 7) is 6.56. The third kappa shape index (κ3) is 3.77. The van der Waals surface area contributed by atoms with Gasteiger partial charge in [-0.25, -0.2) is 4.79 Å². The highest BCUT2D eigenvalue weighted by Gasteiger charge is 2.24. The number of rotatable bonds is 5. The van der Waals surface area contributed by atoms with Crippen LogP contribution in [0.25, 0.3) is 33.0 Å². The van der Waals surface area contributed by atoms with E-state index in [1.165, 1.54) is 7.11 Å². The number of para-hydroxylation sites is 1. The first-order valence-electron chi connectivity index (χ1n) is 11.5. The van der Waals surface area contributed by atoms with E-state index < -0.39 is 5.97 Å². The topological polar surface area (TPSA) is 73.5 Å². The molecule has 6 nitrogen and oxygen atoms in total. The molecule has 1 N–H and O–H groups in total. The average molecular weight is 467 g/mol. The van der Waals surface area contributed by atoms with Crippen molar-refractivity contribution < 1.29 is 13.9 Å². The summed E-state index contributed by atoms with van der Waals surface area (Å²) >= 11 is 0. The molecule has 0 aliphatic rings. The van der Waals surface area contributed by atoms with Crippen molar-refractivity contribution in [3.8, 4) is 11.1 Å². The Hall–Kier alpha value is -4.32. The van der Waals surface area contributed by atoms with Gasteiger partial charge in [0.05, 0.1) is 29.1 Å². The molecule has 6 heteroatoms. The van der Waals surface area contributed by atoms with E-state index in [0.29, 0.717) is 34.5 Å². The summed E-state index contributed by atoms with van der Waals surface area (Å²) in [7, 11) is 1.35. The molecule has 5 aromatic rings. The lowest BCUT2D eigenvalue weighted by Crippen LogP contribution is -2.19. The highest BCUT2D eigenvalue weighted by atomic mass is 16.5. The summed E-state index contributed by atoms with van der Waals surface area (Å²) in [5.41, 5.74) is 6.22. The number of hydrogen-bond acceptors (Lipinski definition) is 5. The van der Waals surface area contributed by atoms with Gasteiger partial charge in [-0.2, -0.15) is 0 Å². The summed E-state index contributed by atoms with van der Waals surface area (Å²) in [4.78, 5) is 25.7. The number of methoxy groups -OCH3 is 1. The lowest BCUT2D eigenvalue weighted by molar-refractivity contribution is 0.0600. The molecule has 2 aromatic heterocycles. The SMILES string of the molecule is CCn1c(=O)c2c(-c3ccc(C(=O)OC)cc3)c(Nc3ccc(C)cc3C)oc2c2ccccc21. The van der Waals surface area contributed by atoms with Gasteiger partial charge in [-0.05, 0) is 62.2 Å². The highest BCUT2D eigenvalue weighted by molar-refractivity contribution is 6.11. The first-order valence-corrected chi connectivity index (χ1v) is 11.5. The summed E-state index contributed by atoms with van der Waals surface area (Å²) in [6, 6.07) is 20.9. The van der Waals surface area contributed by atoms with Crippen molar-refractivity contribution in [3.63, 3.8) is 0 Å². The van der Waals surface area contributed by atoms with Crippen LogP contribution in [0.2, 0.25) is 0 Å². The standard InChI is InChI=1S/C29H26N2O4/c1-5-31-23-9-7-6-8-21(23)26-25(28(31)32)24(19-11-13-20(14-12-19)29(33)34-4)27(35-26)30-22-15-10-17(2)16-18(22)3/h6-16,30H,5H2,1-4H3. The minimum Gasteiger partial charge on any atom is -0.465 e. The van der Waals surface area contributed by atoms with Crippen LogP contribution in [0, 0.1) is 13.8 Å². The van der Waals surface area contributed by atoms with Crippen LogP contribution < -0.4 is 10.9 Å². The fourth-order valence-corrected chi connectivity index (χ4v) is 4.61. The van der Waals surface area contributed by atoms with Gasteiger partial charge in [0.2, 0.25) is 5.88 Å². The molecule has 3 aromatic carbocycles. The van der Waals surface area contributed by atoms with E-state index in [4.69, 9.17) is 9.15 Å². The number of fused-ring (bicyclic) bond motifs is 3. The first-order chi connectivity index (χ1) is 16.9. The van der Waals surface area contributed by atoms with Crippen LogP contribution in [0.4, 0.5) is 11.6 Å². The molecule has 2 heterocycles. The maximum atomic E-state index is 13.8. The molecule has 0 amide bonds. The Morgan fingerprint density at radius 1 is 1.03 bits per heavy atom. The van der Waals surface area contributed by atoms with Crippen LogP contribution in [0.3, 0.4) is 0 Å². The van der Waals surface area contributed by atoms with Crippen LogP contribution in [-0.4, -0.2) is 17.6 Å². The second-order valence-electron chi connectivity index (χ2n) is 8.59. The van der Waals surface area contributed by atoms with Crippen molar-refractivity contribution in [2.24, 2.45) is 0 Å². The fourth-order valence-electron chi connectivity index (χ4n) is 4.61. The summed E-state index contributed by atoms with van der Waals surface area (Å²) in [5, 5.41) is 4.80. The van der Waals surface area contributed by atoms with E-state index in [2.05, 4.69) is 11.4 Å².